The normalized spacial score (nSPS) is 46.4. The summed E-state index contributed by atoms with van der Waals surface area (Å²) in [5.74, 6) is 0.0225. The third kappa shape index (κ3) is 5.47. The fraction of sp³-hybridized carbons (Fsp3) is 0.730. The van der Waals surface area contributed by atoms with Crippen molar-refractivity contribution in [3.05, 3.63) is 41.5 Å². The minimum Gasteiger partial charge on any atom is -0.508 e. The number of nitrogens with zero attached hydrogens (tertiary/aromatic N) is 1. The van der Waals surface area contributed by atoms with Crippen LogP contribution in [0.5, 0.6) is 5.75 Å². The van der Waals surface area contributed by atoms with E-state index in [-0.39, 0.29) is 47.4 Å². The van der Waals surface area contributed by atoms with Gasteiger partial charge in [0.15, 0.2) is 6.29 Å². The monoisotopic (exact) mass is 653 g/mol. The van der Waals surface area contributed by atoms with Crippen LogP contribution in [-0.4, -0.2) is 92.8 Å². The summed E-state index contributed by atoms with van der Waals surface area (Å²) in [6, 6.07) is 7.15. The molecule has 10 nitrogen and oxygen atoms in total. The van der Waals surface area contributed by atoms with E-state index in [2.05, 4.69) is 6.92 Å². The van der Waals surface area contributed by atoms with E-state index >= 15 is 0 Å². The first-order valence-electron chi connectivity index (χ1n) is 17.7. The van der Waals surface area contributed by atoms with Gasteiger partial charge in [-0.15, -0.1) is 0 Å². The third-order valence-corrected chi connectivity index (χ3v) is 13.4. The average Bonchev–Trinajstić information content (AvgIpc) is 3.58. The molecule has 0 amide bonds. The molecular weight excluding hydrogens is 602 g/mol. The Kier molecular flexibility index (Phi) is 8.62. The second-order valence-corrected chi connectivity index (χ2v) is 15.6. The van der Waals surface area contributed by atoms with Crippen LogP contribution in [0.4, 0.5) is 0 Å². The number of cyclic esters (lactones) is 1. The van der Waals surface area contributed by atoms with Crippen molar-refractivity contribution in [3.8, 4) is 5.75 Å². The number of aliphatic hydroxyl groups excluding tert-OH is 2. The number of aliphatic hydroxyl groups is 4. The Labute approximate surface area is 276 Å². The summed E-state index contributed by atoms with van der Waals surface area (Å²) < 4.78 is 17.6. The molecule has 5 N–H and O–H groups in total. The number of benzene rings is 1. The quantitative estimate of drug-likeness (QED) is 0.168. The lowest BCUT2D eigenvalue weighted by atomic mass is 9.41. The van der Waals surface area contributed by atoms with Crippen molar-refractivity contribution >= 4 is 12.2 Å². The van der Waals surface area contributed by atoms with Gasteiger partial charge in [0.25, 0.3) is 0 Å². The lowest BCUT2D eigenvalue weighted by Crippen LogP contribution is -2.69. The summed E-state index contributed by atoms with van der Waals surface area (Å²) >= 11 is 0. The summed E-state index contributed by atoms with van der Waals surface area (Å²) in [5.41, 5.74) is -1.00. The molecule has 4 aliphatic carbocycles. The summed E-state index contributed by atoms with van der Waals surface area (Å²) in [5, 5.41) is 55.7. The molecule has 5 fully saturated rings. The van der Waals surface area contributed by atoms with Crippen molar-refractivity contribution in [2.75, 3.05) is 13.2 Å². The number of carbonyl (C=O) groups is 1. The van der Waals surface area contributed by atoms with E-state index in [1.165, 1.54) is 0 Å². The lowest BCUT2D eigenvalue weighted by Gasteiger charge is -2.66. The van der Waals surface area contributed by atoms with Gasteiger partial charge in [-0.25, -0.2) is 4.79 Å². The Hall–Kier alpha value is -2.34. The van der Waals surface area contributed by atoms with Gasteiger partial charge < -0.3 is 39.7 Å². The topological polar surface area (TPSA) is 158 Å². The van der Waals surface area contributed by atoms with Gasteiger partial charge in [-0.3, -0.25) is 4.99 Å². The number of aromatic hydroxyl groups is 1. The van der Waals surface area contributed by atoms with E-state index < -0.39 is 41.2 Å². The molecule has 1 saturated heterocycles. The minimum atomic E-state index is -1.10. The summed E-state index contributed by atoms with van der Waals surface area (Å²) in [4.78, 5) is 17.0. The van der Waals surface area contributed by atoms with Crippen LogP contribution in [0.25, 0.3) is 0 Å². The zero-order chi connectivity index (χ0) is 33.2. The Morgan fingerprint density at radius 1 is 1.02 bits per heavy atom. The molecule has 4 saturated carbocycles. The van der Waals surface area contributed by atoms with Gasteiger partial charge >= 0.3 is 5.97 Å². The molecule has 2 aliphatic heterocycles. The smallest absolute Gasteiger partial charge is 0.331 e. The van der Waals surface area contributed by atoms with Crippen LogP contribution < -0.4 is 0 Å². The highest BCUT2D eigenvalue weighted by atomic mass is 16.7. The van der Waals surface area contributed by atoms with E-state index in [1.807, 2.05) is 18.3 Å². The van der Waals surface area contributed by atoms with E-state index in [4.69, 9.17) is 19.2 Å². The molecule has 2 heterocycles. The van der Waals surface area contributed by atoms with Crippen molar-refractivity contribution in [2.45, 2.75) is 126 Å². The largest absolute Gasteiger partial charge is 0.508 e. The molecule has 0 unspecified atom stereocenters. The standard InChI is InChI=1S/C37H51NO9/c1-22-33(42)30(40)18-32(46-22)47-26-7-13-35(21-38-16-11-23-3-5-25(39)6-4-23)28-8-12-34(2)27(24-17-31(41)45-20-24)10-15-37(34,44)29(28)9-14-36(35,43)19-26/h3-6,17,21-22,26-30,32-33,39-40,42-44H,7-16,18-20H2,1-2H3/t22-,26+,27+,28-,29+,30+,32+,33+,34-,35+,36-,37+/m1/s1. The van der Waals surface area contributed by atoms with Crippen LogP contribution in [-0.2, 0) is 25.4 Å². The Balaban J connectivity index is 1.15. The molecule has 12 atom stereocenters. The second-order valence-electron chi connectivity index (χ2n) is 15.6. The number of rotatable bonds is 7. The molecule has 0 radical (unpaired) electrons. The maximum absolute atomic E-state index is 12.7. The molecule has 0 aromatic heterocycles. The maximum atomic E-state index is 12.7. The number of hydrogen-bond donors (Lipinski definition) is 5. The highest BCUT2D eigenvalue weighted by molar-refractivity contribution is 5.85. The first-order chi connectivity index (χ1) is 22.4. The van der Waals surface area contributed by atoms with Crippen LogP contribution in [0.15, 0.2) is 40.9 Å². The van der Waals surface area contributed by atoms with Gasteiger partial charge in [0.1, 0.15) is 18.5 Å². The molecular formula is C37H51NO9. The van der Waals surface area contributed by atoms with Crippen molar-refractivity contribution in [2.24, 2.45) is 33.6 Å². The van der Waals surface area contributed by atoms with Crippen molar-refractivity contribution in [1.29, 1.82) is 0 Å². The number of esters is 1. The van der Waals surface area contributed by atoms with Crippen LogP contribution >= 0.6 is 0 Å². The van der Waals surface area contributed by atoms with Crippen LogP contribution in [0.3, 0.4) is 0 Å². The predicted octanol–water partition coefficient (Wildman–Crippen LogP) is 3.60. The fourth-order valence-electron chi connectivity index (χ4n) is 10.9. The number of aliphatic imine (C=N–C) groups is 1. The summed E-state index contributed by atoms with van der Waals surface area (Å²) in [6.07, 6.45) is 7.18. The van der Waals surface area contributed by atoms with Gasteiger partial charge in [0, 0.05) is 42.5 Å². The zero-order valence-electron chi connectivity index (χ0n) is 27.6. The summed E-state index contributed by atoms with van der Waals surface area (Å²) in [7, 11) is 0. The van der Waals surface area contributed by atoms with E-state index in [0.29, 0.717) is 58.1 Å². The van der Waals surface area contributed by atoms with Gasteiger partial charge in [-0.05, 0) is 106 Å². The van der Waals surface area contributed by atoms with E-state index in [1.54, 1.807) is 25.1 Å². The number of hydrogen-bond acceptors (Lipinski definition) is 10. The molecule has 0 bridgehead atoms. The number of carbonyl (C=O) groups excluding carboxylic acids is 1. The Morgan fingerprint density at radius 3 is 2.51 bits per heavy atom. The minimum absolute atomic E-state index is 0.0228. The highest BCUT2D eigenvalue weighted by Gasteiger charge is 2.71. The van der Waals surface area contributed by atoms with Crippen LogP contribution in [0, 0.1) is 28.6 Å². The molecule has 10 heteroatoms. The highest BCUT2D eigenvalue weighted by Crippen LogP contribution is 2.70. The van der Waals surface area contributed by atoms with Gasteiger partial charge in [0.05, 0.1) is 29.5 Å². The maximum Gasteiger partial charge on any atom is 0.331 e. The molecule has 1 aromatic carbocycles. The average molecular weight is 654 g/mol. The molecule has 47 heavy (non-hydrogen) atoms. The summed E-state index contributed by atoms with van der Waals surface area (Å²) in [6.45, 7) is 4.77. The van der Waals surface area contributed by atoms with Crippen molar-refractivity contribution in [1.82, 2.24) is 0 Å². The Bertz CT molecular complexity index is 1390. The van der Waals surface area contributed by atoms with Gasteiger partial charge in [-0.1, -0.05) is 19.1 Å². The van der Waals surface area contributed by atoms with E-state index in [0.717, 1.165) is 30.4 Å². The molecule has 258 valence electrons. The predicted molar refractivity (Wildman–Crippen MR) is 173 cm³/mol. The fourth-order valence-corrected chi connectivity index (χ4v) is 10.9. The van der Waals surface area contributed by atoms with Gasteiger partial charge in [-0.2, -0.15) is 0 Å². The lowest BCUT2D eigenvalue weighted by molar-refractivity contribution is -0.282. The first kappa shape index (κ1) is 33.2. The second kappa shape index (κ2) is 12.2. The third-order valence-electron chi connectivity index (χ3n) is 13.4. The van der Waals surface area contributed by atoms with Crippen LogP contribution in [0.1, 0.15) is 83.6 Å². The van der Waals surface area contributed by atoms with Crippen molar-refractivity contribution in [3.63, 3.8) is 0 Å². The SMILES string of the molecule is C[C@H]1O[C@@H](O[C@H]2CC[C@]3(C=NCCc4ccc(O)cc4)[C@@H]4CC[C@]5(C)[C@H](C6=CC(=O)OC6)CC[C@]5(O)[C@H]4CC[C@@]3(O)C2)C[C@H](O)[C@H]1O. The molecule has 1 aromatic rings. The Morgan fingerprint density at radius 2 is 1.79 bits per heavy atom. The molecule has 7 rings (SSSR count). The van der Waals surface area contributed by atoms with Crippen LogP contribution in [0.2, 0.25) is 0 Å². The van der Waals surface area contributed by atoms with Gasteiger partial charge in [0.2, 0.25) is 0 Å². The zero-order valence-corrected chi connectivity index (χ0v) is 27.6. The van der Waals surface area contributed by atoms with E-state index in [9.17, 15) is 30.3 Å². The molecule has 6 aliphatic rings. The number of fused-ring (bicyclic) bond motifs is 5. The molecule has 0 spiro atoms. The van der Waals surface area contributed by atoms with Crippen molar-refractivity contribution < 1.29 is 44.5 Å². The number of phenolic OH excluding ortho intramolecular Hbond substituents is 1. The number of ether oxygens (including phenoxy) is 3. The number of phenols is 1. The first-order valence-corrected chi connectivity index (χ1v) is 17.7.